The van der Waals surface area contributed by atoms with E-state index in [-0.39, 0.29) is 0 Å². The lowest BCUT2D eigenvalue weighted by atomic mass is 10.1. The fourth-order valence-corrected chi connectivity index (χ4v) is 1.87. The van der Waals surface area contributed by atoms with Gasteiger partial charge in [0, 0.05) is 12.7 Å². The van der Waals surface area contributed by atoms with Crippen LogP contribution in [0.1, 0.15) is 32.3 Å². The van der Waals surface area contributed by atoms with Gasteiger partial charge in [0.2, 0.25) is 5.88 Å². The van der Waals surface area contributed by atoms with Crippen LogP contribution < -0.4 is 10.1 Å². The van der Waals surface area contributed by atoms with Gasteiger partial charge in [-0.15, -0.1) is 0 Å². The van der Waals surface area contributed by atoms with Crippen molar-refractivity contribution in [2.75, 3.05) is 11.9 Å². The number of pyridine rings is 1. The maximum absolute atomic E-state index is 5.83. The highest BCUT2D eigenvalue weighted by atomic mass is 16.5. The molecule has 0 atom stereocenters. The molecule has 0 unspecified atom stereocenters. The molecule has 5 heteroatoms. The first-order valence-electron chi connectivity index (χ1n) is 7.00. The molecule has 0 aromatic carbocycles. The quantitative estimate of drug-likeness (QED) is 0.836. The van der Waals surface area contributed by atoms with Crippen molar-refractivity contribution >= 4 is 5.82 Å². The van der Waals surface area contributed by atoms with E-state index in [1.165, 1.54) is 6.33 Å². The van der Waals surface area contributed by atoms with Gasteiger partial charge in [-0.2, -0.15) is 0 Å². The largest absolute Gasteiger partial charge is 0.437 e. The molecule has 106 valence electrons. The van der Waals surface area contributed by atoms with Gasteiger partial charge in [-0.3, -0.25) is 4.98 Å². The second kappa shape index (κ2) is 7.43. The summed E-state index contributed by atoms with van der Waals surface area (Å²) in [7, 11) is 0. The van der Waals surface area contributed by atoms with Crippen LogP contribution in [-0.2, 0) is 6.42 Å². The van der Waals surface area contributed by atoms with Crippen LogP contribution >= 0.6 is 0 Å². The monoisotopic (exact) mass is 272 g/mol. The Morgan fingerprint density at radius 1 is 1.20 bits per heavy atom. The van der Waals surface area contributed by atoms with E-state index in [0.717, 1.165) is 37.2 Å². The minimum absolute atomic E-state index is 0.605. The van der Waals surface area contributed by atoms with Crippen LogP contribution in [0.5, 0.6) is 11.6 Å². The Kier molecular flexibility index (Phi) is 5.29. The minimum Gasteiger partial charge on any atom is -0.437 e. The van der Waals surface area contributed by atoms with Gasteiger partial charge in [-0.25, -0.2) is 9.97 Å². The Bertz CT molecular complexity index is 531. The number of aromatic nitrogens is 3. The summed E-state index contributed by atoms with van der Waals surface area (Å²) in [6.45, 7) is 5.14. The third kappa shape index (κ3) is 3.66. The van der Waals surface area contributed by atoms with Crippen LogP contribution in [0.3, 0.4) is 0 Å². The molecule has 1 N–H and O–H groups in total. The predicted octanol–water partition coefficient (Wildman–Crippen LogP) is 3.44. The molecule has 0 radical (unpaired) electrons. The Labute approximate surface area is 119 Å². The lowest BCUT2D eigenvalue weighted by Crippen LogP contribution is -2.07. The number of rotatable bonds is 7. The van der Waals surface area contributed by atoms with Crippen LogP contribution in [0, 0.1) is 0 Å². The van der Waals surface area contributed by atoms with Crippen LogP contribution in [-0.4, -0.2) is 21.5 Å². The Hall–Kier alpha value is -2.17. The third-order valence-electron chi connectivity index (χ3n) is 2.80. The van der Waals surface area contributed by atoms with Crippen molar-refractivity contribution in [3.8, 4) is 11.6 Å². The van der Waals surface area contributed by atoms with Crippen molar-refractivity contribution < 1.29 is 4.74 Å². The summed E-state index contributed by atoms with van der Waals surface area (Å²) in [4.78, 5) is 12.6. The molecule has 0 saturated heterocycles. The lowest BCUT2D eigenvalue weighted by molar-refractivity contribution is 0.452. The Morgan fingerprint density at radius 3 is 2.80 bits per heavy atom. The first-order chi connectivity index (χ1) is 9.85. The molecular weight excluding hydrogens is 252 g/mol. The van der Waals surface area contributed by atoms with Crippen molar-refractivity contribution in [3.05, 3.63) is 36.4 Å². The van der Waals surface area contributed by atoms with Gasteiger partial charge in [0.15, 0.2) is 0 Å². The maximum atomic E-state index is 5.83. The van der Waals surface area contributed by atoms with E-state index < -0.39 is 0 Å². The average molecular weight is 272 g/mol. The predicted molar refractivity (Wildman–Crippen MR) is 79.1 cm³/mol. The zero-order valence-electron chi connectivity index (χ0n) is 12.0. The fraction of sp³-hybridized carbons (Fsp3) is 0.400. The molecule has 2 rings (SSSR count). The first-order valence-corrected chi connectivity index (χ1v) is 7.00. The van der Waals surface area contributed by atoms with Gasteiger partial charge < -0.3 is 10.1 Å². The second-order valence-corrected chi connectivity index (χ2v) is 4.47. The summed E-state index contributed by atoms with van der Waals surface area (Å²) < 4.78 is 5.83. The SMILES string of the molecule is CCCNc1ncnc(Oc2cccnc2)c1CCC. The normalized spacial score (nSPS) is 10.3. The van der Waals surface area contributed by atoms with Crippen molar-refractivity contribution in [2.24, 2.45) is 0 Å². The summed E-state index contributed by atoms with van der Waals surface area (Å²) in [5, 5.41) is 3.33. The summed E-state index contributed by atoms with van der Waals surface area (Å²) >= 11 is 0. The smallest absolute Gasteiger partial charge is 0.227 e. The second-order valence-electron chi connectivity index (χ2n) is 4.47. The molecule has 0 aliphatic rings. The van der Waals surface area contributed by atoms with E-state index in [0.29, 0.717) is 11.6 Å². The van der Waals surface area contributed by atoms with E-state index in [4.69, 9.17) is 4.74 Å². The van der Waals surface area contributed by atoms with Gasteiger partial charge in [0.1, 0.15) is 17.9 Å². The van der Waals surface area contributed by atoms with Gasteiger partial charge in [-0.05, 0) is 25.0 Å². The number of anilines is 1. The van der Waals surface area contributed by atoms with E-state index in [1.54, 1.807) is 12.4 Å². The molecule has 0 fully saturated rings. The van der Waals surface area contributed by atoms with Crippen molar-refractivity contribution in [2.45, 2.75) is 33.1 Å². The fourth-order valence-electron chi connectivity index (χ4n) is 1.87. The molecule has 2 aromatic heterocycles. The third-order valence-corrected chi connectivity index (χ3v) is 2.80. The summed E-state index contributed by atoms with van der Waals surface area (Å²) in [6, 6.07) is 3.70. The standard InChI is InChI=1S/C15H20N4O/c1-3-6-13-14(17-8-4-2)18-11-19-15(13)20-12-7-5-9-16-10-12/h5,7,9-11H,3-4,6,8H2,1-2H3,(H,17,18,19). The van der Waals surface area contributed by atoms with Gasteiger partial charge in [-0.1, -0.05) is 20.3 Å². The van der Waals surface area contributed by atoms with Crippen molar-refractivity contribution in [1.29, 1.82) is 0 Å². The molecular formula is C15H20N4O. The Balaban J connectivity index is 2.26. The zero-order valence-corrected chi connectivity index (χ0v) is 12.0. The molecule has 0 spiro atoms. The van der Waals surface area contributed by atoms with Crippen LogP contribution in [0.4, 0.5) is 5.82 Å². The maximum Gasteiger partial charge on any atom is 0.227 e. The number of hydrogen-bond donors (Lipinski definition) is 1. The molecule has 0 bridgehead atoms. The van der Waals surface area contributed by atoms with Crippen molar-refractivity contribution in [3.63, 3.8) is 0 Å². The molecule has 0 amide bonds. The lowest BCUT2D eigenvalue weighted by Gasteiger charge is -2.13. The average Bonchev–Trinajstić information content (AvgIpc) is 2.49. The van der Waals surface area contributed by atoms with Crippen LogP contribution in [0.15, 0.2) is 30.9 Å². The molecule has 0 saturated carbocycles. The molecule has 0 aliphatic carbocycles. The Morgan fingerprint density at radius 2 is 2.10 bits per heavy atom. The number of nitrogens with zero attached hydrogens (tertiary/aromatic N) is 3. The molecule has 5 nitrogen and oxygen atoms in total. The van der Waals surface area contributed by atoms with E-state index in [1.807, 2.05) is 12.1 Å². The highest BCUT2D eigenvalue weighted by Gasteiger charge is 2.12. The topological polar surface area (TPSA) is 59.9 Å². The van der Waals surface area contributed by atoms with Crippen molar-refractivity contribution in [1.82, 2.24) is 15.0 Å². The minimum atomic E-state index is 0.605. The highest BCUT2D eigenvalue weighted by Crippen LogP contribution is 2.27. The van der Waals surface area contributed by atoms with Gasteiger partial charge in [0.25, 0.3) is 0 Å². The van der Waals surface area contributed by atoms with E-state index in [9.17, 15) is 0 Å². The summed E-state index contributed by atoms with van der Waals surface area (Å²) in [5.74, 6) is 2.15. The first kappa shape index (κ1) is 14.2. The van der Waals surface area contributed by atoms with Gasteiger partial charge >= 0.3 is 0 Å². The van der Waals surface area contributed by atoms with E-state index in [2.05, 4.69) is 34.1 Å². The number of nitrogens with one attached hydrogen (secondary N) is 1. The number of hydrogen-bond acceptors (Lipinski definition) is 5. The van der Waals surface area contributed by atoms with Gasteiger partial charge in [0.05, 0.1) is 11.8 Å². The molecule has 2 aromatic rings. The molecule has 20 heavy (non-hydrogen) atoms. The summed E-state index contributed by atoms with van der Waals surface area (Å²) in [5.41, 5.74) is 1.02. The van der Waals surface area contributed by atoms with Crippen LogP contribution in [0.25, 0.3) is 0 Å². The zero-order chi connectivity index (χ0) is 14.2. The highest BCUT2D eigenvalue weighted by molar-refractivity contribution is 5.49. The molecule has 0 aliphatic heterocycles. The summed E-state index contributed by atoms with van der Waals surface area (Å²) in [6.07, 6.45) is 7.86. The molecule has 2 heterocycles. The van der Waals surface area contributed by atoms with Crippen LogP contribution in [0.2, 0.25) is 0 Å². The van der Waals surface area contributed by atoms with E-state index >= 15 is 0 Å². The number of ether oxygens (including phenoxy) is 1.